The zero-order valence-electron chi connectivity index (χ0n) is 7.78. The summed E-state index contributed by atoms with van der Waals surface area (Å²) in [4.78, 5) is 2.40. The normalized spacial score (nSPS) is 23.5. The minimum Gasteiger partial charge on any atom is -0.469 e. The lowest BCUT2D eigenvalue weighted by Crippen LogP contribution is -2.19. The van der Waals surface area contributed by atoms with Crippen molar-refractivity contribution in [2.75, 3.05) is 19.6 Å². The fourth-order valence-electron chi connectivity index (χ4n) is 1.94. The Morgan fingerprint density at radius 1 is 1.69 bits per heavy atom. The second kappa shape index (κ2) is 3.79. The van der Waals surface area contributed by atoms with Crippen molar-refractivity contribution in [2.45, 2.75) is 12.3 Å². The highest BCUT2D eigenvalue weighted by molar-refractivity contribution is 5.08. The number of likely N-dealkylation sites (tertiary alicyclic amines) is 1. The van der Waals surface area contributed by atoms with E-state index >= 15 is 0 Å². The summed E-state index contributed by atoms with van der Waals surface area (Å²) in [6, 6.07) is 4.04. The summed E-state index contributed by atoms with van der Waals surface area (Å²) in [5, 5.41) is 0. The fourth-order valence-corrected chi connectivity index (χ4v) is 1.94. The van der Waals surface area contributed by atoms with Gasteiger partial charge < -0.3 is 4.42 Å². The third-order valence-electron chi connectivity index (χ3n) is 2.61. The molecule has 0 spiro atoms. The molecule has 1 saturated heterocycles. The van der Waals surface area contributed by atoms with Crippen molar-refractivity contribution < 1.29 is 4.42 Å². The van der Waals surface area contributed by atoms with Crippen LogP contribution in [0.5, 0.6) is 0 Å². The number of hydrogen-bond acceptors (Lipinski definition) is 2. The first-order valence-corrected chi connectivity index (χ1v) is 4.77. The van der Waals surface area contributed by atoms with Crippen LogP contribution in [0.15, 0.2) is 35.5 Å². The predicted octanol–water partition coefficient (Wildman–Crippen LogP) is 2.25. The summed E-state index contributed by atoms with van der Waals surface area (Å²) in [5.41, 5.74) is 0. The van der Waals surface area contributed by atoms with E-state index in [4.69, 9.17) is 4.42 Å². The van der Waals surface area contributed by atoms with Gasteiger partial charge in [-0.15, -0.1) is 6.58 Å². The summed E-state index contributed by atoms with van der Waals surface area (Å²) in [5.74, 6) is 1.72. The molecular formula is C11H15NO. The average molecular weight is 177 g/mol. The Hall–Kier alpha value is -1.02. The Morgan fingerprint density at radius 3 is 3.31 bits per heavy atom. The molecule has 1 aromatic rings. The van der Waals surface area contributed by atoms with Gasteiger partial charge in [-0.1, -0.05) is 6.08 Å². The van der Waals surface area contributed by atoms with Crippen LogP contribution in [0.3, 0.4) is 0 Å². The second-order valence-corrected chi connectivity index (χ2v) is 3.55. The van der Waals surface area contributed by atoms with E-state index in [0.29, 0.717) is 5.92 Å². The minimum atomic E-state index is 0.593. The molecule has 13 heavy (non-hydrogen) atoms. The Kier molecular flexibility index (Phi) is 2.50. The number of hydrogen-bond donors (Lipinski definition) is 0. The summed E-state index contributed by atoms with van der Waals surface area (Å²) in [6.45, 7) is 7.02. The first-order chi connectivity index (χ1) is 6.40. The van der Waals surface area contributed by atoms with Gasteiger partial charge in [0.2, 0.25) is 0 Å². The predicted molar refractivity (Wildman–Crippen MR) is 52.7 cm³/mol. The van der Waals surface area contributed by atoms with Gasteiger partial charge in [0.15, 0.2) is 0 Å². The number of furan rings is 1. The van der Waals surface area contributed by atoms with Gasteiger partial charge in [0.1, 0.15) is 5.76 Å². The van der Waals surface area contributed by atoms with Crippen molar-refractivity contribution in [1.29, 1.82) is 0 Å². The smallest absolute Gasteiger partial charge is 0.108 e. The standard InChI is InChI=1S/C11H15NO/c1-2-6-12-7-5-10(9-12)11-4-3-8-13-11/h2-4,8,10H,1,5-7,9H2. The van der Waals surface area contributed by atoms with Crippen LogP contribution in [0.4, 0.5) is 0 Å². The molecular weight excluding hydrogens is 162 g/mol. The summed E-state index contributed by atoms with van der Waals surface area (Å²) in [6.07, 6.45) is 4.93. The maximum atomic E-state index is 5.39. The highest BCUT2D eigenvalue weighted by Gasteiger charge is 2.24. The van der Waals surface area contributed by atoms with Gasteiger partial charge in [-0.2, -0.15) is 0 Å². The minimum absolute atomic E-state index is 0.593. The van der Waals surface area contributed by atoms with Crippen LogP contribution in [0.1, 0.15) is 18.1 Å². The molecule has 2 heteroatoms. The fraction of sp³-hybridized carbons (Fsp3) is 0.455. The van der Waals surface area contributed by atoms with Crippen molar-refractivity contribution in [3.8, 4) is 0 Å². The Labute approximate surface area is 78.8 Å². The lowest BCUT2D eigenvalue weighted by Gasteiger charge is -2.11. The molecule has 0 radical (unpaired) electrons. The lowest BCUT2D eigenvalue weighted by molar-refractivity contribution is 0.363. The number of rotatable bonds is 3. The quantitative estimate of drug-likeness (QED) is 0.658. The van der Waals surface area contributed by atoms with Crippen LogP contribution in [0, 0.1) is 0 Å². The Balaban J connectivity index is 1.95. The van der Waals surface area contributed by atoms with Crippen LogP contribution in [0.25, 0.3) is 0 Å². The van der Waals surface area contributed by atoms with Gasteiger partial charge in [0.25, 0.3) is 0 Å². The SMILES string of the molecule is C=CCN1CCC(c2ccco2)C1. The van der Waals surface area contributed by atoms with Gasteiger partial charge in [-0.3, -0.25) is 4.90 Å². The second-order valence-electron chi connectivity index (χ2n) is 3.55. The summed E-state index contributed by atoms with van der Waals surface area (Å²) < 4.78 is 5.39. The molecule has 2 heterocycles. The Morgan fingerprint density at radius 2 is 2.62 bits per heavy atom. The summed E-state index contributed by atoms with van der Waals surface area (Å²) in [7, 11) is 0. The van der Waals surface area contributed by atoms with Crippen molar-refractivity contribution >= 4 is 0 Å². The van der Waals surface area contributed by atoms with Crippen LogP contribution in [0.2, 0.25) is 0 Å². The maximum Gasteiger partial charge on any atom is 0.108 e. The van der Waals surface area contributed by atoms with Crippen LogP contribution in [-0.4, -0.2) is 24.5 Å². The van der Waals surface area contributed by atoms with E-state index in [1.54, 1.807) is 6.26 Å². The third-order valence-corrected chi connectivity index (χ3v) is 2.61. The zero-order valence-corrected chi connectivity index (χ0v) is 7.78. The molecule has 2 nitrogen and oxygen atoms in total. The monoisotopic (exact) mass is 177 g/mol. The van der Waals surface area contributed by atoms with Crippen molar-refractivity contribution in [2.24, 2.45) is 0 Å². The van der Waals surface area contributed by atoms with E-state index in [2.05, 4.69) is 17.5 Å². The molecule has 2 rings (SSSR count). The molecule has 0 N–H and O–H groups in total. The molecule has 0 saturated carbocycles. The highest BCUT2D eigenvalue weighted by Crippen LogP contribution is 2.26. The molecule has 0 aromatic carbocycles. The first kappa shape index (κ1) is 8.57. The van der Waals surface area contributed by atoms with Gasteiger partial charge in [-0.25, -0.2) is 0 Å². The van der Waals surface area contributed by atoms with Crippen LogP contribution >= 0.6 is 0 Å². The molecule has 1 unspecified atom stereocenters. The third kappa shape index (κ3) is 1.83. The maximum absolute atomic E-state index is 5.39. The van der Waals surface area contributed by atoms with Gasteiger partial charge >= 0.3 is 0 Å². The Bertz CT molecular complexity index is 266. The van der Waals surface area contributed by atoms with E-state index in [9.17, 15) is 0 Å². The van der Waals surface area contributed by atoms with E-state index in [1.807, 2.05) is 12.1 Å². The van der Waals surface area contributed by atoms with E-state index in [-0.39, 0.29) is 0 Å². The van der Waals surface area contributed by atoms with Crippen LogP contribution in [-0.2, 0) is 0 Å². The highest BCUT2D eigenvalue weighted by atomic mass is 16.3. The summed E-state index contributed by atoms with van der Waals surface area (Å²) >= 11 is 0. The molecule has 0 amide bonds. The molecule has 1 aliphatic heterocycles. The largest absolute Gasteiger partial charge is 0.469 e. The topological polar surface area (TPSA) is 16.4 Å². The van der Waals surface area contributed by atoms with Gasteiger partial charge in [0, 0.05) is 19.0 Å². The van der Waals surface area contributed by atoms with Crippen LogP contribution < -0.4 is 0 Å². The molecule has 0 aliphatic carbocycles. The lowest BCUT2D eigenvalue weighted by atomic mass is 10.1. The molecule has 1 aliphatic rings. The van der Waals surface area contributed by atoms with Crippen molar-refractivity contribution in [3.63, 3.8) is 0 Å². The molecule has 0 bridgehead atoms. The average Bonchev–Trinajstić information content (AvgIpc) is 2.70. The number of nitrogens with zero attached hydrogens (tertiary/aromatic N) is 1. The van der Waals surface area contributed by atoms with E-state index in [1.165, 1.54) is 6.42 Å². The van der Waals surface area contributed by atoms with E-state index < -0.39 is 0 Å². The molecule has 1 atom stereocenters. The molecule has 1 aromatic heterocycles. The molecule has 1 fully saturated rings. The van der Waals surface area contributed by atoms with Gasteiger partial charge in [0.05, 0.1) is 6.26 Å². The van der Waals surface area contributed by atoms with Crippen molar-refractivity contribution in [1.82, 2.24) is 4.90 Å². The van der Waals surface area contributed by atoms with Gasteiger partial charge in [-0.05, 0) is 25.1 Å². The zero-order chi connectivity index (χ0) is 9.10. The van der Waals surface area contributed by atoms with Crippen molar-refractivity contribution in [3.05, 3.63) is 36.8 Å². The van der Waals surface area contributed by atoms with E-state index in [0.717, 1.165) is 25.4 Å². The first-order valence-electron chi connectivity index (χ1n) is 4.77. The molecule has 70 valence electrons.